The maximum atomic E-state index is 11.9. The van der Waals surface area contributed by atoms with Crippen LogP contribution in [0.1, 0.15) is 12.5 Å². The van der Waals surface area contributed by atoms with Gasteiger partial charge in [-0.3, -0.25) is 5.32 Å². The highest BCUT2D eigenvalue weighted by molar-refractivity contribution is 5.84. The Balaban J connectivity index is 1.96. The summed E-state index contributed by atoms with van der Waals surface area (Å²) in [5.74, 6) is 5.72. The first-order valence-corrected chi connectivity index (χ1v) is 6.77. The average molecular weight is 279 g/mol. The van der Waals surface area contributed by atoms with Gasteiger partial charge in [0.05, 0.1) is 0 Å². The van der Waals surface area contributed by atoms with E-state index in [0.717, 1.165) is 5.56 Å². The number of ether oxygens (including phenoxy) is 1. The smallest absolute Gasteiger partial charge is 0.412 e. The number of amides is 1. The Labute approximate surface area is 125 Å². The molecule has 0 saturated heterocycles. The van der Waals surface area contributed by atoms with Crippen molar-refractivity contribution in [3.8, 4) is 11.8 Å². The molecule has 2 aromatic carbocycles. The van der Waals surface area contributed by atoms with Gasteiger partial charge in [-0.05, 0) is 24.6 Å². The summed E-state index contributed by atoms with van der Waals surface area (Å²) in [7, 11) is 0. The first-order valence-electron chi connectivity index (χ1n) is 6.77. The van der Waals surface area contributed by atoms with Crippen LogP contribution >= 0.6 is 0 Å². The van der Waals surface area contributed by atoms with Crippen molar-refractivity contribution in [2.24, 2.45) is 0 Å². The molecule has 3 heteroatoms. The van der Waals surface area contributed by atoms with Gasteiger partial charge in [0.15, 0.2) is 6.10 Å². The molecule has 1 amide bonds. The van der Waals surface area contributed by atoms with Crippen molar-refractivity contribution >= 4 is 11.8 Å². The highest BCUT2D eigenvalue weighted by Crippen LogP contribution is 2.09. The van der Waals surface area contributed by atoms with Crippen LogP contribution in [0.5, 0.6) is 0 Å². The van der Waals surface area contributed by atoms with Gasteiger partial charge in [0.2, 0.25) is 0 Å². The molecule has 0 unspecified atom stereocenters. The molecule has 1 atom stereocenters. The van der Waals surface area contributed by atoms with Crippen LogP contribution in [0.15, 0.2) is 60.7 Å². The minimum absolute atomic E-state index is 0.457. The zero-order chi connectivity index (χ0) is 14.9. The van der Waals surface area contributed by atoms with Gasteiger partial charge in [0, 0.05) is 12.1 Å². The minimum Gasteiger partial charge on any atom is -0.432 e. The Kier molecular flexibility index (Phi) is 5.42. The average Bonchev–Trinajstić information content (AvgIpc) is 2.49. The number of para-hydroxylation sites is 1. The van der Waals surface area contributed by atoms with E-state index in [9.17, 15) is 4.79 Å². The number of carbonyl (C=O) groups excluding carboxylic acids is 1. The fraction of sp³-hybridized carbons (Fsp3) is 0.167. The van der Waals surface area contributed by atoms with Crippen LogP contribution in [0, 0.1) is 11.8 Å². The summed E-state index contributed by atoms with van der Waals surface area (Å²) in [5.41, 5.74) is 1.78. The van der Waals surface area contributed by atoms with Gasteiger partial charge in [0.1, 0.15) is 0 Å². The van der Waals surface area contributed by atoms with E-state index >= 15 is 0 Å². The van der Waals surface area contributed by atoms with Crippen molar-refractivity contribution in [1.29, 1.82) is 0 Å². The first kappa shape index (κ1) is 14.7. The standard InChI is InChI=1S/C18H17NO2/c1-2-9-17(14-15-10-5-3-6-11-15)21-18(20)19-16-12-7-4-8-13-16/h3-8,10-13,17H,14H2,1H3,(H,19,20)/t17-/m0/s1. The lowest BCUT2D eigenvalue weighted by Crippen LogP contribution is -2.23. The topological polar surface area (TPSA) is 38.3 Å². The third-order valence-electron chi connectivity index (χ3n) is 2.84. The van der Waals surface area contributed by atoms with Crippen LogP contribution in [-0.4, -0.2) is 12.2 Å². The molecule has 106 valence electrons. The number of anilines is 1. The Morgan fingerprint density at radius 1 is 1.10 bits per heavy atom. The van der Waals surface area contributed by atoms with Crippen molar-refractivity contribution in [3.63, 3.8) is 0 Å². The molecule has 0 spiro atoms. The molecule has 0 aromatic heterocycles. The van der Waals surface area contributed by atoms with E-state index in [1.807, 2.05) is 48.5 Å². The Morgan fingerprint density at radius 2 is 1.71 bits per heavy atom. The Bertz CT molecular complexity index is 627. The Hall–Kier alpha value is -2.73. The van der Waals surface area contributed by atoms with Gasteiger partial charge in [-0.2, -0.15) is 0 Å². The normalized spacial score (nSPS) is 10.9. The molecule has 3 nitrogen and oxygen atoms in total. The highest BCUT2D eigenvalue weighted by Gasteiger charge is 2.12. The molecule has 0 aliphatic carbocycles. The van der Waals surface area contributed by atoms with Crippen molar-refractivity contribution in [1.82, 2.24) is 0 Å². The van der Waals surface area contributed by atoms with Crippen molar-refractivity contribution in [2.45, 2.75) is 19.4 Å². The number of nitrogens with one attached hydrogen (secondary N) is 1. The number of hydrogen-bond acceptors (Lipinski definition) is 2. The van der Waals surface area contributed by atoms with Crippen LogP contribution < -0.4 is 5.32 Å². The predicted molar refractivity (Wildman–Crippen MR) is 83.9 cm³/mol. The molecule has 2 aromatic rings. The molecular weight excluding hydrogens is 262 g/mol. The Morgan fingerprint density at radius 3 is 2.33 bits per heavy atom. The van der Waals surface area contributed by atoms with Crippen LogP contribution in [0.25, 0.3) is 0 Å². The van der Waals surface area contributed by atoms with Crippen LogP contribution in [0.2, 0.25) is 0 Å². The van der Waals surface area contributed by atoms with E-state index in [4.69, 9.17) is 4.74 Å². The highest BCUT2D eigenvalue weighted by atomic mass is 16.6. The van der Waals surface area contributed by atoms with Gasteiger partial charge < -0.3 is 4.74 Å². The molecule has 0 bridgehead atoms. The third kappa shape index (κ3) is 5.04. The van der Waals surface area contributed by atoms with Gasteiger partial charge in [-0.1, -0.05) is 54.5 Å². The second kappa shape index (κ2) is 7.76. The molecule has 0 heterocycles. The van der Waals surface area contributed by atoms with Crippen LogP contribution in [0.3, 0.4) is 0 Å². The lowest BCUT2D eigenvalue weighted by molar-refractivity contribution is 0.138. The van der Waals surface area contributed by atoms with Gasteiger partial charge >= 0.3 is 6.09 Å². The quantitative estimate of drug-likeness (QED) is 0.863. The number of benzene rings is 2. The summed E-state index contributed by atoms with van der Waals surface area (Å²) < 4.78 is 5.38. The zero-order valence-corrected chi connectivity index (χ0v) is 11.9. The summed E-state index contributed by atoms with van der Waals surface area (Å²) in [6.07, 6.45) is -0.379. The molecule has 0 fully saturated rings. The fourth-order valence-corrected chi connectivity index (χ4v) is 1.91. The molecule has 21 heavy (non-hydrogen) atoms. The first-order chi connectivity index (χ1) is 10.3. The van der Waals surface area contributed by atoms with Crippen molar-refractivity contribution < 1.29 is 9.53 Å². The summed E-state index contributed by atoms with van der Waals surface area (Å²) in [6, 6.07) is 19.0. The van der Waals surface area contributed by atoms with E-state index in [2.05, 4.69) is 17.2 Å². The summed E-state index contributed by atoms with van der Waals surface area (Å²) >= 11 is 0. The molecule has 0 saturated carbocycles. The fourth-order valence-electron chi connectivity index (χ4n) is 1.91. The number of carbonyl (C=O) groups is 1. The summed E-state index contributed by atoms with van der Waals surface area (Å²) in [4.78, 5) is 11.9. The number of hydrogen-bond donors (Lipinski definition) is 1. The van der Waals surface area contributed by atoms with Crippen molar-refractivity contribution in [3.05, 3.63) is 66.2 Å². The summed E-state index contributed by atoms with van der Waals surface area (Å²) in [6.45, 7) is 1.73. The van der Waals surface area contributed by atoms with Gasteiger partial charge in [-0.25, -0.2) is 4.79 Å². The summed E-state index contributed by atoms with van der Waals surface area (Å²) in [5, 5.41) is 2.69. The molecule has 0 aliphatic rings. The third-order valence-corrected chi connectivity index (χ3v) is 2.84. The second-order valence-electron chi connectivity index (χ2n) is 4.47. The van der Waals surface area contributed by atoms with E-state index in [-0.39, 0.29) is 0 Å². The predicted octanol–water partition coefficient (Wildman–Crippen LogP) is 3.87. The lowest BCUT2D eigenvalue weighted by Gasteiger charge is -2.13. The lowest BCUT2D eigenvalue weighted by atomic mass is 10.1. The van der Waals surface area contributed by atoms with Crippen LogP contribution in [0.4, 0.5) is 10.5 Å². The maximum absolute atomic E-state index is 11.9. The monoisotopic (exact) mass is 279 g/mol. The van der Waals surface area contributed by atoms with E-state index in [1.54, 1.807) is 19.1 Å². The molecule has 0 aliphatic heterocycles. The van der Waals surface area contributed by atoms with E-state index in [1.165, 1.54) is 0 Å². The van der Waals surface area contributed by atoms with E-state index < -0.39 is 12.2 Å². The second-order valence-corrected chi connectivity index (χ2v) is 4.47. The van der Waals surface area contributed by atoms with Gasteiger partial charge in [-0.15, -0.1) is 5.92 Å². The largest absolute Gasteiger partial charge is 0.432 e. The number of rotatable bonds is 4. The zero-order valence-electron chi connectivity index (χ0n) is 11.9. The maximum Gasteiger partial charge on any atom is 0.412 e. The van der Waals surface area contributed by atoms with E-state index in [0.29, 0.717) is 12.1 Å². The minimum atomic E-state index is -0.495. The molecular formula is C18H17NO2. The van der Waals surface area contributed by atoms with Gasteiger partial charge in [0.25, 0.3) is 0 Å². The molecule has 0 radical (unpaired) electrons. The van der Waals surface area contributed by atoms with Crippen LogP contribution in [-0.2, 0) is 11.2 Å². The van der Waals surface area contributed by atoms with Crippen molar-refractivity contribution in [2.75, 3.05) is 5.32 Å². The SMILES string of the molecule is CC#C[C@@H](Cc1ccccc1)OC(=O)Nc1ccccc1. The molecule has 1 N–H and O–H groups in total. The molecule has 2 rings (SSSR count).